The van der Waals surface area contributed by atoms with Crippen LogP contribution in [0.2, 0.25) is 0 Å². The smallest absolute Gasteiger partial charge is 0.348 e. The van der Waals surface area contributed by atoms with Gasteiger partial charge < -0.3 is 10.8 Å². The zero-order valence-electron chi connectivity index (χ0n) is 18.4. The van der Waals surface area contributed by atoms with E-state index in [-0.39, 0.29) is 25.9 Å². The molecule has 0 radical (unpaired) electrons. The molecule has 0 aliphatic carbocycles. The van der Waals surface area contributed by atoms with Crippen LogP contribution in [0.3, 0.4) is 0 Å². The lowest BCUT2D eigenvalue weighted by Crippen LogP contribution is -2.23. The molecule has 3 aromatic rings. The second kappa shape index (κ2) is 10.8. The van der Waals surface area contributed by atoms with Gasteiger partial charge in [-0.05, 0) is 48.2 Å². The second-order valence-corrected chi connectivity index (χ2v) is 11.7. The maximum atomic E-state index is 12.0. The fraction of sp³-hybridized carbons (Fsp3) is 0.143. The molecule has 1 amide bonds. The molecule has 1 aromatic heterocycles. The third kappa shape index (κ3) is 6.41. The van der Waals surface area contributed by atoms with Gasteiger partial charge in [0.2, 0.25) is 15.9 Å². The first-order valence-electron chi connectivity index (χ1n) is 9.49. The van der Waals surface area contributed by atoms with Crippen LogP contribution >= 0.6 is 11.3 Å². The van der Waals surface area contributed by atoms with Gasteiger partial charge in [-0.1, -0.05) is 24.3 Å². The lowest BCUT2D eigenvalue weighted by molar-refractivity contribution is 0.0703. The van der Waals surface area contributed by atoms with Crippen molar-refractivity contribution < 1.29 is 31.5 Å². The zero-order chi connectivity index (χ0) is 25.7. The minimum Gasteiger partial charge on any atom is -0.477 e. The molecular formula is C21H23N3O7S3. The van der Waals surface area contributed by atoms with Crippen LogP contribution in [0.4, 0.5) is 5.69 Å². The molecule has 0 aliphatic rings. The maximum Gasteiger partial charge on any atom is 0.348 e. The summed E-state index contributed by atoms with van der Waals surface area (Å²) >= 11 is 0.967. The van der Waals surface area contributed by atoms with Gasteiger partial charge in [-0.3, -0.25) is 9.52 Å². The lowest BCUT2D eigenvalue weighted by atomic mass is 10.1. The summed E-state index contributed by atoms with van der Waals surface area (Å²) in [5, 5.41) is 10.4. The van der Waals surface area contributed by atoms with E-state index in [9.17, 15) is 26.4 Å². The molecule has 4 N–H and O–H groups in total. The number of aromatic carboxylic acids is 1. The van der Waals surface area contributed by atoms with Crippen LogP contribution in [0.1, 0.15) is 25.6 Å². The predicted octanol–water partition coefficient (Wildman–Crippen LogP) is 2.59. The zero-order valence-corrected chi connectivity index (χ0v) is 20.9. The van der Waals surface area contributed by atoms with E-state index >= 15 is 0 Å². The summed E-state index contributed by atoms with van der Waals surface area (Å²) in [6.07, 6.45) is 0. The van der Waals surface area contributed by atoms with Gasteiger partial charge >= 0.3 is 5.97 Å². The molecule has 3 rings (SSSR count). The average molecular weight is 526 g/mol. The van der Waals surface area contributed by atoms with E-state index in [1.165, 1.54) is 49.8 Å². The van der Waals surface area contributed by atoms with Crippen LogP contribution in [-0.2, 0) is 20.0 Å². The number of carbonyl (C=O) groups is 2. The molecule has 13 heteroatoms. The average Bonchev–Trinajstić information content (AvgIpc) is 3.22. The first-order valence-corrected chi connectivity index (χ1v) is 13.3. The van der Waals surface area contributed by atoms with Gasteiger partial charge in [0, 0.05) is 19.7 Å². The Balaban J connectivity index is 0.000000242. The number of rotatable bonds is 7. The Morgan fingerprint density at radius 1 is 1.00 bits per heavy atom. The molecule has 0 unspecified atom stereocenters. The Morgan fingerprint density at radius 3 is 2.15 bits per heavy atom. The highest BCUT2D eigenvalue weighted by atomic mass is 32.2. The summed E-state index contributed by atoms with van der Waals surface area (Å²) in [7, 11) is -4.41. The van der Waals surface area contributed by atoms with E-state index in [4.69, 9.17) is 10.8 Å². The Labute approximate surface area is 201 Å². The summed E-state index contributed by atoms with van der Waals surface area (Å²) in [4.78, 5) is 22.0. The highest BCUT2D eigenvalue weighted by molar-refractivity contribution is 7.92. The first-order chi connectivity index (χ1) is 15.8. The van der Waals surface area contributed by atoms with Crippen LogP contribution < -0.4 is 10.5 Å². The van der Waals surface area contributed by atoms with E-state index in [0.29, 0.717) is 5.56 Å². The SMILES string of the molecule is Cc1ccc(C(N)=O)cc1S(=O)(=O)N(C)C.O=C(O)c1sccc1NS(=O)(=O)c1ccccc1. The third-order valence-electron chi connectivity index (χ3n) is 4.39. The van der Waals surface area contributed by atoms with Gasteiger partial charge in [-0.25, -0.2) is 25.9 Å². The number of amides is 1. The number of hydrogen-bond donors (Lipinski definition) is 3. The number of carboxylic acid groups (broad SMARTS) is 1. The quantitative estimate of drug-likeness (QED) is 0.427. The molecule has 0 atom stereocenters. The van der Waals surface area contributed by atoms with Crippen molar-refractivity contribution in [1.82, 2.24) is 4.31 Å². The number of primary amides is 1. The molecule has 34 heavy (non-hydrogen) atoms. The van der Waals surface area contributed by atoms with Crippen molar-refractivity contribution >= 4 is 48.9 Å². The number of anilines is 1. The largest absolute Gasteiger partial charge is 0.477 e. The number of carboxylic acids is 1. The van der Waals surface area contributed by atoms with Gasteiger partial charge in [0.25, 0.3) is 10.0 Å². The molecule has 0 spiro atoms. The van der Waals surface area contributed by atoms with E-state index in [1.807, 2.05) is 0 Å². The van der Waals surface area contributed by atoms with Crippen molar-refractivity contribution in [3.63, 3.8) is 0 Å². The normalized spacial score (nSPS) is 11.4. The van der Waals surface area contributed by atoms with E-state index in [1.54, 1.807) is 31.2 Å². The molecule has 182 valence electrons. The van der Waals surface area contributed by atoms with Crippen LogP contribution in [0.25, 0.3) is 0 Å². The monoisotopic (exact) mass is 525 g/mol. The number of nitrogens with one attached hydrogen (secondary N) is 1. The predicted molar refractivity (Wildman–Crippen MR) is 129 cm³/mol. The minimum atomic E-state index is -3.75. The summed E-state index contributed by atoms with van der Waals surface area (Å²) in [5.74, 6) is -1.80. The molecule has 0 bridgehead atoms. The van der Waals surface area contributed by atoms with E-state index in [2.05, 4.69) is 4.72 Å². The van der Waals surface area contributed by atoms with Crippen molar-refractivity contribution in [2.75, 3.05) is 18.8 Å². The van der Waals surface area contributed by atoms with Gasteiger partial charge in [-0.2, -0.15) is 0 Å². The van der Waals surface area contributed by atoms with Crippen molar-refractivity contribution in [3.05, 3.63) is 76.0 Å². The number of nitrogens with two attached hydrogens (primary N) is 1. The lowest BCUT2D eigenvalue weighted by Gasteiger charge is -2.14. The Kier molecular flexibility index (Phi) is 8.56. The summed E-state index contributed by atoms with van der Waals surface area (Å²) < 4.78 is 51.1. The molecular weight excluding hydrogens is 502 g/mol. The number of carbonyl (C=O) groups excluding carboxylic acids is 1. The van der Waals surface area contributed by atoms with Crippen LogP contribution in [-0.4, -0.2) is 52.2 Å². The van der Waals surface area contributed by atoms with Gasteiger partial charge in [0.15, 0.2) is 0 Å². The minimum absolute atomic E-state index is 0.0329. The summed E-state index contributed by atoms with van der Waals surface area (Å²) in [6.45, 7) is 1.67. The summed E-state index contributed by atoms with van der Waals surface area (Å²) in [5.41, 5.74) is 5.95. The molecule has 0 saturated heterocycles. The van der Waals surface area contributed by atoms with Crippen molar-refractivity contribution in [1.29, 1.82) is 0 Å². The van der Waals surface area contributed by atoms with E-state index in [0.717, 1.165) is 15.6 Å². The van der Waals surface area contributed by atoms with Crippen molar-refractivity contribution in [3.8, 4) is 0 Å². The highest BCUT2D eigenvalue weighted by Crippen LogP contribution is 2.25. The Morgan fingerprint density at radius 2 is 1.62 bits per heavy atom. The van der Waals surface area contributed by atoms with Crippen molar-refractivity contribution in [2.45, 2.75) is 16.7 Å². The van der Waals surface area contributed by atoms with Crippen molar-refractivity contribution in [2.24, 2.45) is 5.73 Å². The maximum absolute atomic E-state index is 12.0. The van der Waals surface area contributed by atoms with E-state index < -0.39 is 31.9 Å². The Hall–Kier alpha value is -3.26. The van der Waals surface area contributed by atoms with Crippen LogP contribution in [0.15, 0.2) is 69.8 Å². The molecule has 10 nitrogen and oxygen atoms in total. The first kappa shape index (κ1) is 27.0. The molecule has 0 fully saturated rings. The van der Waals surface area contributed by atoms with Gasteiger partial charge in [0.1, 0.15) is 4.88 Å². The third-order valence-corrected chi connectivity index (χ3v) is 8.63. The number of nitrogens with zero attached hydrogens (tertiary/aromatic N) is 1. The summed E-state index contributed by atoms with van der Waals surface area (Å²) in [6, 6.07) is 13.6. The fourth-order valence-corrected chi connectivity index (χ4v) is 5.58. The topological polar surface area (TPSA) is 164 Å². The molecule has 0 aliphatic heterocycles. The molecule has 2 aromatic carbocycles. The van der Waals surface area contributed by atoms with Gasteiger partial charge in [0.05, 0.1) is 15.5 Å². The number of thiophene rings is 1. The van der Waals surface area contributed by atoms with Gasteiger partial charge in [-0.15, -0.1) is 11.3 Å². The Bertz CT molecular complexity index is 1400. The standard InChI is InChI=1S/C11H9NO4S2.C10H14N2O3S/c13-11(14)10-9(6-7-17-10)12-18(15,16)8-4-2-1-3-5-8;1-7-4-5-8(10(11)13)6-9(7)16(14,15)12(2)3/h1-7,12H,(H,13,14);4-6H,1-3H3,(H2,11,13). The van der Waals surface area contributed by atoms with Crippen LogP contribution in [0.5, 0.6) is 0 Å². The second-order valence-electron chi connectivity index (χ2n) is 7.02. The molecule has 0 saturated carbocycles. The number of hydrogen-bond acceptors (Lipinski definition) is 7. The number of aryl methyl sites for hydroxylation is 1. The highest BCUT2D eigenvalue weighted by Gasteiger charge is 2.21. The number of benzene rings is 2. The van der Waals surface area contributed by atoms with Crippen LogP contribution in [0, 0.1) is 6.92 Å². The number of sulfonamides is 2. The fourth-order valence-electron chi connectivity index (χ4n) is 2.59. The molecule has 1 heterocycles.